The van der Waals surface area contributed by atoms with Crippen molar-refractivity contribution in [3.05, 3.63) is 237 Å². The molecular formula is C54H39NOSi. The fourth-order valence-corrected chi connectivity index (χ4v) is 13.4. The molecule has 0 saturated heterocycles. The Morgan fingerprint density at radius 2 is 0.702 bits per heavy atom. The SMILES string of the molecule is c1ccc(-c2ccccc2N(c2ccc([Si](c3ccccc3)(c3ccccc3)c3ccccc3)cc2)c2cccc3c2oc2c(-c4ccccc4)cccc23)cc1. The molecule has 3 heteroatoms. The molecule has 10 aromatic rings. The van der Waals surface area contributed by atoms with E-state index in [-0.39, 0.29) is 0 Å². The summed E-state index contributed by atoms with van der Waals surface area (Å²) in [5, 5.41) is 7.56. The lowest BCUT2D eigenvalue weighted by molar-refractivity contribution is 0.670. The Labute approximate surface area is 334 Å². The van der Waals surface area contributed by atoms with Crippen molar-refractivity contribution in [2.24, 2.45) is 0 Å². The van der Waals surface area contributed by atoms with Crippen molar-refractivity contribution < 1.29 is 4.42 Å². The van der Waals surface area contributed by atoms with Crippen LogP contribution in [0, 0.1) is 0 Å². The van der Waals surface area contributed by atoms with Gasteiger partial charge in [0.2, 0.25) is 0 Å². The molecule has 0 atom stereocenters. The van der Waals surface area contributed by atoms with Crippen LogP contribution in [-0.4, -0.2) is 8.07 Å². The minimum absolute atomic E-state index is 0.851. The third-order valence-electron chi connectivity index (χ3n) is 11.2. The standard InChI is InChI=1S/C54H39NOSi/c1-6-20-40(21-7-1)47-30-16-17-34-51(47)55(52-35-19-33-50-49-32-18-31-48(53(49)56-54(50)52)41-22-8-2-9-23-41)42-36-38-46(39-37-42)57(43-24-10-3-11-25-43,44-26-12-4-13-27-44)45-28-14-5-15-29-45/h1-39H. The summed E-state index contributed by atoms with van der Waals surface area (Å²) >= 11 is 0. The van der Waals surface area contributed by atoms with Crippen LogP contribution in [0.15, 0.2) is 241 Å². The Kier molecular flexibility index (Phi) is 8.90. The first-order chi connectivity index (χ1) is 28.3. The van der Waals surface area contributed by atoms with E-state index in [0.29, 0.717) is 0 Å². The Morgan fingerprint density at radius 3 is 1.26 bits per heavy atom. The summed E-state index contributed by atoms with van der Waals surface area (Å²) in [5.41, 5.74) is 9.36. The molecule has 0 bridgehead atoms. The van der Waals surface area contributed by atoms with E-state index in [1.165, 1.54) is 20.7 Å². The lowest BCUT2D eigenvalue weighted by atomic mass is 10.0. The highest BCUT2D eigenvalue weighted by atomic mass is 28.3. The smallest absolute Gasteiger partial charge is 0.179 e. The van der Waals surface area contributed by atoms with Gasteiger partial charge in [-0.1, -0.05) is 212 Å². The summed E-state index contributed by atoms with van der Waals surface area (Å²) in [6, 6.07) is 85.6. The maximum atomic E-state index is 7.06. The molecule has 0 aliphatic rings. The van der Waals surface area contributed by atoms with Crippen molar-refractivity contribution in [3.63, 3.8) is 0 Å². The molecule has 2 nitrogen and oxygen atoms in total. The number of anilines is 3. The van der Waals surface area contributed by atoms with Gasteiger partial charge in [0.1, 0.15) is 5.58 Å². The molecule has 0 fully saturated rings. The molecule has 57 heavy (non-hydrogen) atoms. The van der Waals surface area contributed by atoms with Gasteiger partial charge in [-0.3, -0.25) is 0 Å². The maximum Gasteiger partial charge on any atom is 0.179 e. The highest BCUT2D eigenvalue weighted by Gasteiger charge is 2.41. The van der Waals surface area contributed by atoms with Crippen molar-refractivity contribution in [1.29, 1.82) is 0 Å². The number of hydrogen-bond donors (Lipinski definition) is 0. The number of furan rings is 1. The van der Waals surface area contributed by atoms with Gasteiger partial charge < -0.3 is 9.32 Å². The zero-order valence-electron chi connectivity index (χ0n) is 31.4. The largest absolute Gasteiger partial charge is 0.453 e. The van der Waals surface area contributed by atoms with Crippen molar-refractivity contribution in [2.45, 2.75) is 0 Å². The van der Waals surface area contributed by atoms with E-state index in [1.807, 2.05) is 0 Å². The van der Waals surface area contributed by atoms with Crippen LogP contribution in [0.2, 0.25) is 0 Å². The molecule has 0 radical (unpaired) electrons. The van der Waals surface area contributed by atoms with E-state index in [4.69, 9.17) is 4.42 Å². The van der Waals surface area contributed by atoms with Crippen LogP contribution in [0.3, 0.4) is 0 Å². The van der Waals surface area contributed by atoms with Crippen molar-refractivity contribution in [2.75, 3.05) is 4.90 Å². The van der Waals surface area contributed by atoms with Crippen molar-refractivity contribution >= 4 is 67.8 Å². The molecule has 0 unspecified atom stereocenters. The molecule has 0 aliphatic heterocycles. The predicted molar refractivity (Wildman–Crippen MR) is 243 cm³/mol. The maximum absolute atomic E-state index is 7.06. The molecule has 0 N–H and O–H groups in total. The summed E-state index contributed by atoms with van der Waals surface area (Å²) in [7, 11) is -2.72. The van der Waals surface area contributed by atoms with Crippen LogP contribution in [0.25, 0.3) is 44.2 Å². The lowest BCUT2D eigenvalue weighted by Gasteiger charge is -2.35. The monoisotopic (exact) mass is 745 g/mol. The molecule has 0 aliphatic carbocycles. The number of para-hydroxylation sites is 3. The predicted octanol–water partition coefficient (Wildman–Crippen LogP) is 11.8. The first-order valence-electron chi connectivity index (χ1n) is 19.5. The van der Waals surface area contributed by atoms with Gasteiger partial charge in [-0.2, -0.15) is 0 Å². The molecule has 1 heterocycles. The van der Waals surface area contributed by atoms with Crippen LogP contribution in [0.4, 0.5) is 17.1 Å². The van der Waals surface area contributed by atoms with Gasteiger partial charge in [0, 0.05) is 27.6 Å². The third kappa shape index (κ3) is 5.97. The van der Waals surface area contributed by atoms with E-state index in [9.17, 15) is 0 Å². The zero-order chi connectivity index (χ0) is 38.0. The normalized spacial score (nSPS) is 11.5. The van der Waals surface area contributed by atoms with Crippen LogP contribution < -0.4 is 25.6 Å². The van der Waals surface area contributed by atoms with Gasteiger partial charge in [0.05, 0.1) is 11.4 Å². The van der Waals surface area contributed by atoms with Gasteiger partial charge in [-0.15, -0.1) is 0 Å². The Balaban J connectivity index is 1.22. The molecule has 270 valence electrons. The van der Waals surface area contributed by atoms with Crippen LogP contribution in [0.5, 0.6) is 0 Å². The van der Waals surface area contributed by atoms with Crippen molar-refractivity contribution in [1.82, 2.24) is 0 Å². The number of rotatable bonds is 9. The fourth-order valence-electron chi connectivity index (χ4n) is 8.69. The first-order valence-corrected chi connectivity index (χ1v) is 21.5. The van der Waals surface area contributed by atoms with Gasteiger partial charge in [0.15, 0.2) is 13.7 Å². The van der Waals surface area contributed by atoms with Crippen LogP contribution in [-0.2, 0) is 0 Å². The van der Waals surface area contributed by atoms with Gasteiger partial charge in [0.25, 0.3) is 0 Å². The summed E-state index contributed by atoms with van der Waals surface area (Å²) in [5.74, 6) is 0. The summed E-state index contributed by atoms with van der Waals surface area (Å²) in [6.07, 6.45) is 0. The Hall–Kier alpha value is -7.20. The van der Waals surface area contributed by atoms with Gasteiger partial charge >= 0.3 is 0 Å². The number of fused-ring (bicyclic) bond motifs is 3. The van der Waals surface area contributed by atoms with Crippen LogP contribution in [0.1, 0.15) is 0 Å². The number of nitrogens with zero attached hydrogens (tertiary/aromatic N) is 1. The van der Waals surface area contributed by atoms with Crippen LogP contribution >= 0.6 is 0 Å². The first kappa shape index (κ1) is 34.3. The average Bonchev–Trinajstić information content (AvgIpc) is 3.69. The Bertz CT molecular complexity index is 2830. The quantitative estimate of drug-likeness (QED) is 0.108. The Morgan fingerprint density at radius 1 is 0.298 bits per heavy atom. The van der Waals surface area contributed by atoms with E-state index < -0.39 is 8.07 Å². The molecule has 0 spiro atoms. The molecule has 0 amide bonds. The minimum Gasteiger partial charge on any atom is -0.453 e. The molecular weight excluding hydrogens is 707 g/mol. The second kappa shape index (κ2) is 14.8. The van der Waals surface area contributed by atoms with E-state index in [1.54, 1.807) is 0 Å². The highest BCUT2D eigenvalue weighted by molar-refractivity contribution is 7.19. The van der Waals surface area contributed by atoms with E-state index in [0.717, 1.165) is 61.3 Å². The molecule has 1 aromatic heterocycles. The second-order valence-electron chi connectivity index (χ2n) is 14.4. The van der Waals surface area contributed by atoms with Gasteiger partial charge in [-0.25, -0.2) is 0 Å². The molecule has 9 aromatic carbocycles. The summed E-state index contributed by atoms with van der Waals surface area (Å²) in [6.45, 7) is 0. The minimum atomic E-state index is -2.72. The van der Waals surface area contributed by atoms with E-state index in [2.05, 4.69) is 241 Å². The lowest BCUT2D eigenvalue weighted by Crippen LogP contribution is -2.74. The number of benzene rings is 9. The highest BCUT2D eigenvalue weighted by Crippen LogP contribution is 2.46. The third-order valence-corrected chi connectivity index (χ3v) is 16.0. The zero-order valence-corrected chi connectivity index (χ0v) is 32.4. The molecule has 0 saturated carbocycles. The second-order valence-corrected chi connectivity index (χ2v) is 18.2. The van der Waals surface area contributed by atoms with E-state index >= 15 is 0 Å². The summed E-state index contributed by atoms with van der Waals surface area (Å²) in [4.78, 5) is 2.38. The van der Waals surface area contributed by atoms with Crippen molar-refractivity contribution in [3.8, 4) is 22.3 Å². The van der Waals surface area contributed by atoms with Gasteiger partial charge in [-0.05, 0) is 56.1 Å². The average molecular weight is 746 g/mol. The topological polar surface area (TPSA) is 16.4 Å². The molecule has 10 rings (SSSR count). The number of hydrogen-bond acceptors (Lipinski definition) is 2. The summed E-state index contributed by atoms with van der Waals surface area (Å²) < 4.78 is 7.06. The fraction of sp³-hybridized carbons (Fsp3) is 0.